The molecule has 1 nitrogen and oxygen atoms in total. The minimum atomic E-state index is 0.848. The highest BCUT2D eigenvalue weighted by Crippen LogP contribution is 2.39. The average molecular weight is 271 g/mol. The third-order valence-corrected chi connectivity index (χ3v) is 4.29. The van der Waals surface area contributed by atoms with E-state index in [0.717, 1.165) is 12.1 Å². The van der Waals surface area contributed by atoms with Crippen molar-refractivity contribution in [2.24, 2.45) is 0 Å². The molecule has 21 heavy (non-hydrogen) atoms. The molecule has 0 bridgehead atoms. The zero-order chi connectivity index (χ0) is 14.4. The lowest BCUT2D eigenvalue weighted by Gasteiger charge is -2.06. The molecule has 102 valence electrons. The number of nitrogens with two attached hydrogens (primary N) is 1. The Kier molecular flexibility index (Phi) is 2.61. The van der Waals surface area contributed by atoms with Crippen LogP contribution in [0.3, 0.4) is 0 Å². The zero-order valence-corrected chi connectivity index (χ0v) is 12.1. The number of aryl methyl sites for hydroxylation is 1. The van der Waals surface area contributed by atoms with Gasteiger partial charge in [0.05, 0.1) is 0 Å². The summed E-state index contributed by atoms with van der Waals surface area (Å²) in [5, 5.41) is 0. The minimum Gasteiger partial charge on any atom is -0.399 e. The van der Waals surface area contributed by atoms with E-state index in [1.165, 1.54) is 38.9 Å². The van der Waals surface area contributed by atoms with E-state index in [2.05, 4.69) is 61.5 Å². The topological polar surface area (TPSA) is 26.0 Å². The quantitative estimate of drug-likeness (QED) is 0.494. The predicted molar refractivity (Wildman–Crippen MR) is 89.3 cm³/mol. The van der Waals surface area contributed by atoms with Crippen molar-refractivity contribution < 1.29 is 0 Å². The van der Waals surface area contributed by atoms with E-state index in [-0.39, 0.29) is 0 Å². The van der Waals surface area contributed by atoms with E-state index < -0.39 is 0 Å². The molecule has 0 heterocycles. The van der Waals surface area contributed by atoms with Crippen LogP contribution < -0.4 is 5.73 Å². The molecule has 0 atom stereocenters. The molecule has 2 N–H and O–H groups in total. The van der Waals surface area contributed by atoms with Gasteiger partial charge in [0.1, 0.15) is 0 Å². The van der Waals surface area contributed by atoms with Gasteiger partial charge in [0.2, 0.25) is 0 Å². The van der Waals surface area contributed by atoms with Crippen molar-refractivity contribution in [1.82, 2.24) is 0 Å². The third kappa shape index (κ3) is 2.02. The molecule has 3 aromatic carbocycles. The summed E-state index contributed by atoms with van der Waals surface area (Å²) in [6.45, 7) is 2.12. The van der Waals surface area contributed by atoms with Gasteiger partial charge < -0.3 is 5.73 Å². The van der Waals surface area contributed by atoms with Gasteiger partial charge in [-0.15, -0.1) is 0 Å². The maximum absolute atomic E-state index is 5.90. The smallest absolute Gasteiger partial charge is 0.0317 e. The first-order valence-electron chi connectivity index (χ1n) is 7.29. The number of fused-ring (bicyclic) bond motifs is 3. The van der Waals surface area contributed by atoms with E-state index in [1.807, 2.05) is 6.07 Å². The summed E-state index contributed by atoms with van der Waals surface area (Å²) in [6.07, 6.45) is 0.982. The second-order valence-electron chi connectivity index (χ2n) is 5.83. The van der Waals surface area contributed by atoms with Gasteiger partial charge in [0.25, 0.3) is 0 Å². The molecule has 0 aliphatic heterocycles. The third-order valence-electron chi connectivity index (χ3n) is 4.29. The molecular formula is C20H17N. The van der Waals surface area contributed by atoms with Crippen molar-refractivity contribution in [3.63, 3.8) is 0 Å². The van der Waals surface area contributed by atoms with Crippen molar-refractivity contribution >= 4 is 5.69 Å². The van der Waals surface area contributed by atoms with Crippen molar-refractivity contribution in [2.75, 3.05) is 5.73 Å². The van der Waals surface area contributed by atoms with Crippen LogP contribution in [0.1, 0.15) is 16.7 Å². The van der Waals surface area contributed by atoms with Crippen LogP contribution in [0.2, 0.25) is 0 Å². The molecule has 0 amide bonds. The Morgan fingerprint density at radius 3 is 2.10 bits per heavy atom. The van der Waals surface area contributed by atoms with Crippen LogP contribution in [-0.4, -0.2) is 0 Å². The molecule has 1 aliphatic carbocycles. The maximum atomic E-state index is 5.90. The van der Waals surface area contributed by atoms with E-state index >= 15 is 0 Å². The van der Waals surface area contributed by atoms with Crippen LogP contribution in [-0.2, 0) is 6.42 Å². The monoisotopic (exact) mass is 271 g/mol. The fourth-order valence-electron chi connectivity index (χ4n) is 3.16. The lowest BCUT2D eigenvalue weighted by atomic mass is 9.98. The van der Waals surface area contributed by atoms with Crippen molar-refractivity contribution in [1.29, 1.82) is 0 Å². The van der Waals surface area contributed by atoms with Crippen LogP contribution in [0.15, 0.2) is 60.7 Å². The Morgan fingerprint density at radius 2 is 1.33 bits per heavy atom. The molecule has 0 unspecified atom stereocenters. The highest BCUT2D eigenvalue weighted by molar-refractivity contribution is 5.81. The van der Waals surface area contributed by atoms with Crippen LogP contribution in [0.4, 0.5) is 5.69 Å². The SMILES string of the molecule is Cc1ccc(-c2ccc3c(c2)Cc2cc(N)ccc2-3)cc1. The lowest BCUT2D eigenvalue weighted by molar-refractivity contribution is 1.26. The Hall–Kier alpha value is -2.54. The number of benzene rings is 3. The Balaban J connectivity index is 1.79. The Labute approximate surface area is 125 Å². The fourth-order valence-corrected chi connectivity index (χ4v) is 3.16. The molecule has 1 heteroatoms. The van der Waals surface area contributed by atoms with Gasteiger partial charge in [0.15, 0.2) is 0 Å². The molecule has 0 fully saturated rings. The lowest BCUT2D eigenvalue weighted by Crippen LogP contribution is -1.86. The van der Waals surface area contributed by atoms with Crippen LogP contribution >= 0.6 is 0 Å². The van der Waals surface area contributed by atoms with Gasteiger partial charge in [-0.05, 0) is 58.9 Å². The second kappa shape index (κ2) is 4.49. The second-order valence-corrected chi connectivity index (χ2v) is 5.83. The largest absolute Gasteiger partial charge is 0.399 e. The summed E-state index contributed by atoms with van der Waals surface area (Å²) in [7, 11) is 0. The maximum Gasteiger partial charge on any atom is 0.0317 e. The highest BCUT2D eigenvalue weighted by atomic mass is 14.5. The molecule has 0 saturated heterocycles. The minimum absolute atomic E-state index is 0.848. The van der Waals surface area contributed by atoms with E-state index in [0.29, 0.717) is 0 Å². The summed E-state index contributed by atoms with van der Waals surface area (Å²) in [5.74, 6) is 0. The zero-order valence-electron chi connectivity index (χ0n) is 12.1. The predicted octanol–water partition coefficient (Wildman–Crippen LogP) is 4.82. The van der Waals surface area contributed by atoms with Gasteiger partial charge in [0, 0.05) is 5.69 Å². The molecule has 4 rings (SSSR count). The number of anilines is 1. The van der Waals surface area contributed by atoms with Gasteiger partial charge in [-0.3, -0.25) is 0 Å². The van der Waals surface area contributed by atoms with Gasteiger partial charge >= 0.3 is 0 Å². The highest BCUT2D eigenvalue weighted by Gasteiger charge is 2.18. The molecule has 1 aliphatic rings. The van der Waals surface area contributed by atoms with Crippen molar-refractivity contribution in [3.05, 3.63) is 77.4 Å². The molecule has 0 spiro atoms. The summed E-state index contributed by atoms with van der Waals surface area (Å²) < 4.78 is 0. The molecule has 3 aromatic rings. The number of hydrogen-bond acceptors (Lipinski definition) is 1. The summed E-state index contributed by atoms with van der Waals surface area (Å²) >= 11 is 0. The fraction of sp³-hybridized carbons (Fsp3) is 0.100. The average Bonchev–Trinajstić information content (AvgIpc) is 2.84. The summed E-state index contributed by atoms with van der Waals surface area (Å²) in [6, 6.07) is 21.7. The van der Waals surface area contributed by atoms with E-state index in [1.54, 1.807) is 0 Å². The van der Waals surface area contributed by atoms with Crippen LogP contribution in [0.25, 0.3) is 22.3 Å². The Bertz CT molecular complexity index is 829. The number of nitrogen functional groups attached to an aromatic ring is 1. The van der Waals surface area contributed by atoms with Crippen LogP contribution in [0, 0.1) is 6.92 Å². The van der Waals surface area contributed by atoms with Crippen molar-refractivity contribution in [3.8, 4) is 22.3 Å². The van der Waals surface area contributed by atoms with E-state index in [9.17, 15) is 0 Å². The van der Waals surface area contributed by atoms with Gasteiger partial charge in [-0.1, -0.05) is 54.1 Å². The van der Waals surface area contributed by atoms with Crippen LogP contribution in [0.5, 0.6) is 0 Å². The number of hydrogen-bond donors (Lipinski definition) is 1. The first-order valence-corrected chi connectivity index (χ1v) is 7.29. The first-order chi connectivity index (χ1) is 10.2. The van der Waals surface area contributed by atoms with Gasteiger partial charge in [-0.25, -0.2) is 0 Å². The normalized spacial score (nSPS) is 12.0. The summed E-state index contributed by atoms with van der Waals surface area (Å²) in [4.78, 5) is 0. The summed E-state index contributed by atoms with van der Waals surface area (Å²) in [5.41, 5.74) is 16.0. The first kappa shape index (κ1) is 12.2. The molecular weight excluding hydrogens is 254 g/mol. The number of rotatable bonds is 1. The molecule has 0 saturated carbocycles. The van der Waals surface area contributed by atoms with Crippen molar-refractivity contribution in [2.45, 2.75) is 13.3 Å². The molecule has 0 aromatic heterocycles. The standard InChI is InChI=1S/C20H17N/c1-13-2-4-14(5-3-13)15-6-8-19-16(10-15)11-17-12-18(21)7-9-20(17)19/h2-10,12H,11,21H2,1H3. The molecule has 0 radical (unpaired) electrons. The Morgan fingerprint density at radius 1 is 0.714 bits per heavy atom. The van der Waals surface area contributed by atoms with E-state index in [4.69, 9.17) is 5.73 Å². The van der Waals surface area contributed by atoms with Gasteiger partial charge in [-0.2, -0.15) is 0 Å².